The lowest BCUT2D eigenvalue weighted by Crippen LogP contribution is -2.20. The molecule has 0 fully saturated rings. The zero-order valence-corrected chi connectivity index (χ0v) is 16.4. The quantitative estimate of drug-likeness (QED) is 0.577. The maximum atomic E-state index is 12.2. The van der Waals surface area contributed by atoms with E-state index in [4.69, 9.17) is 9.15 Å². The van der Waals surface area contributed by atoms with Crippen molar-refractivity contribution in [2.24, 2.45) is 0 Å². The number of aryl methyl sites for hydroxylation is 3. The van der Waals surface area contributed by atoms with Gasteiger partial charge in [-0.15, -0.1) is 0 Å². The first-order chi connectivity index (χ1) is 13.7. The van der Waals surface area contributed by atoms with Crippen molar-refractivity contribution < 1.29 is 13.9 Å². The molecule has 28 heavy (non-hydrogen) atoms. The van der Waals surface area contributed by atoms with Crippen molar-refractivity contribution in [1.82, 2.24) is 0 Å². The molecule has 1 N–H and O–H groups in total. The standard InChI is InChI=1S/C24H27NO3/c1-2-3-6-17-9-11-18(12-10-17)25-24(26)16-27-19-13-14-23-21(15-19)20-7-4-5-8-22(20)28-23/h9-15H,2-8,16H2,1H3,(H,25,26). The monoisotopic (exact) mass is 377 g/mol. The van der Waals surface area contributed by atoms with E-state index >= 15 is 0 Å². The van der Waals surface area contributed by atoms with Crippen molar-refractivity contribution in [3.63, 3.8) is 0 Å². The number of rotatable bonds is 7. The summed E-state index contributed by atoms with van der Waals surface area (Å²) < 4.78 is 11.7. The van der Waals surface area contributed by atoms with Gasteiger partial charge in [0.2, 0.25) is 0 Å². The number of furan rings is 1. The van der Waals surface area contributed by atoms with E-state index in [1.54, 1.807) is 0 Å². The van der Waals surface area contributed by atoms with E-state index in [1.165, 1.54) is 36.8 Å². The van der Waals surface area contributed by atoms with Crippen molar-refractivity contribution in [2.75, 3.05) is 11.9 Å². The minimum Gasteiger partial charge on any atom is -0.484 e. The molecule has 0 unspecified atom stereocenters. The van der Waals surface area contributed by atoms with Gasteiger partial charge >= 0.3 is 0 Å². The number of unbranched alkanes of at least 4 members (excludes halogenated alkanes) is 1. The van der Waals surface area contributed by atoms with Crippen LogP contribution in [0, 0.1) is 0 Å². The third-order valence-corrected chi connectivity index (χ3v) is 5.35. The zero-order chi connectivity index (χ0) is 19.3. The molecule has 1 aliphatic carbocycles. The van der Waals surface area contributed by atoms with Crippen molar-refractivity contribution in [3.8, 4) is 5.75 Å². The summed E-state index contributed by atoms with van der Waals surface area (Å²) in [6.07, 6.45) is 7.91. The Hall–Kier alpha value is -2.75. The smallest absolute Gasteiger partial charge is 0.262 e. The molecule has 4 rings (SSSR count). The number of hydrogen-bond acceptors (Lipinski definition) is 3. The molecule has 0 radical (unpaired) electrons. The summed E-state index contributed by atoms with van der Waals surface area (Å²) in [5, 5.41) is 4.02. The minimum atomic E-state index is -0.157. The fourth-order valence-corrected chi connectivity index (χ4v) is 3.81. The third kappa shape index (κ3) is 4.22. The van der Waals surface area contributed by atoms with Crippen molar-refractivity contribution in [3.05, 3.63) is 59.4 Å². The Morgan fingerprint density at radius 3 is 2.75 bits per heavy atom. The number of hydrogen-bond donors (Lipinski definition) is 1. The van der Waals surface area contributed by atoms with Gasteiger partial charge in [-0.1, -0.05) is 25.5 Å². The molecule has 0 saturated carbocycles. The summed E-state index contributed by atoms with van der Waals surface area (Å²) in [5.74, 6) is 1.65. The van der Waals surface area contributed by atoms with Crippen molar-refractivity contribution >= 4 is 22.6 Å². The number of fused-ring (bicyclic) bond motifs is 3. The van der Waals surface area contributed by atoms with Crippen molar-refractivity contribution in [1.29, 1.82) is 0 Å². The molecule has 0 saturated heterocycles. The fraction of sp³-hybridized carbons (Fsp3) is 0.375. The Bertz CT molecular complexity index is 956. The molecule has 1 heterocycles. The van der Waals surface area contributed by atoms with E-state index < -0.39 is 0 Å². The first-order valence-corrected chi connectivity index (χ1v) is 10.3. The van der Waals surface area contributed by atoms with E-state index in [0.29, 0.717) is 5.75 Å². The van der Waals surface area contributed by atoms with Crippen LogP contribution in [0.3, 0.4) is 0 Å². The molecule has 3 aromatic rings. The van der Waals surface area contributed by atoms with E-state index in [9.17, 15) is 4.79 Å². The molecule has 4 heteroatoms. The average molecular weight is 377 g/mol. The summed E-state index contributed by atoms with van der Waals surface area (Å²) in [7, 11) is 0. The molecule has 2 aromatic carbocycles. The van der Waals surface area contributed by atoms with Crippen LogP contribution in [0.15, 0.2) is 46.9 Å². The first-order valence-electron chi connectivity index (χ1n) is 10.3. The first kappa shape index (κ1) is 18.6. The molecule has 0 spiro atoms. The average Bonchev–Trinajstić information content (AvgIpc) is 3.10. The Labute approximate surface area is 165 Å². The van der Waals surface area contributed by atoms with E-state index in [2.05, 4.69) is 24.4 Å². The SMILES string of the molecule is CCCCc1ccc(NC(=O)COc2ccc3oc4c(c3c2)CCCC4)cc1. The van der Waals surface area contributed by atoms with Gasteiger partial charge in [-0.2, -0.15) is 0 Å². The van der Waals surface area contributed by atoms with E-state index in [-0.39, 0.29) is 12.5 Å². The van der Waals surface area contributed by atoms with Gasteiger partial charge in [0, 0.05) is 23.1 Å². The largest absolute Gasteiger partial charge is 0.484 e. The number of anilines is 1. The van der Waals surface area contributed by atoms with Gasteiger partial charge in [0.1, 0.15) is 17.1 Å². The topological polar surface area (TPSA) is 51.5 Å². The van der Waals surface area contributed by atoms with Crippen LogP contribution in [-0.2, 0) is 24.1 Å². The Morgan fingerprint density at radius 2 is 1.93 bits per heavy atom. The molecule has 0 bridgehead atoms. The summed E-state index contributed by atoms with van der Waals surface area (Å²) in [6.45, 7) is 2.18. The second-order valence-electron chi connectivity index (χ2n) is 7.51. The van der Waals surface area contributed by atoms with Crippen LogP contribution < -0.4 is 10.1 Å². The highest BCUT2D eigenvalue weighted by Gasteiger charge is 2.18. The number of benzene rings is 2. The Kier molecular flexibility index (Phi) is 5.65. The zero-order valence-electron chi connectivity index (χ0n) is 16.4. The predicted octanol–water partition coefficient (Wildman–Crippen LogP) is 5.67. The second-order valence-corrected chi connectivity index (χ2v) is 7.51. The minimum absolute atomic E-state index is 0.0108. The maximum Gasteiger partial charge on any atom is 0.262 e. The molecular formula is C24H27NO3. The summed E-state index contributed by atoms with van der Waals surface area (Å²) in [6, 6.07) is 13.9. The number of nitrogens with one attached hydrogen (secondary N) is 1. The van der Waals surface area contributed by atoms with Gasteiger partial charge in [0.15, 0.2) is 6.61 Å². The van der Waals surface area contributed by atoms with Gasteiger partial charge < -0.3 is 14.5 Å². The second kappa shape index (κ2) is 8.51. The van der Waals surface area contributed by atoms with Gasteiger partial charge in [-0.3, -0.25) is 4.79 Å². The number of carbonyl (C=O) groups is 1. The van der Waals surface area contributed by atoms with Crippen LogP contribution in [0.2, 0.25) is 0 Å². The molecule has 1 aromatic heterocycles. The highest BCUT2D eigenvalue weighted by Crippen LogP contribution is 2.33. The van der Waals surface area contributed by atoms with Crippen LogP contribution in [0.25, 0.3) is 11.0 Å². The van der Waals surface area contributed by atoms with Crippen LogP contribution in [0.4, 0.5) is 5.69 Å². The highest BCUT2D eigenvalue weighted by atomic mass is 16.5. The maximum absolute atomic E-state index is 12.2. The van der Waals surface area contributed by atoms with Crippen LogP contribution in [-0.4, -0.2) is 12.5 Å². The van der Waals surface area contributed by atoms with E-state index in [0.717, 1.165) is 41.7 Å². The van der Waals surface area contributed by atoms with Gasteiger partial charge in [0.25, 0.3) is 5.91 Å². The molecule has 0 atom stereocenters. The third-order valence-electron chi connectivity index (χ3n) is 5.35. The molecular weight excluding hydrogens is 350 g/mol. The number of ether oxygens (including phenoxy) is 1. The lowest BCUT2D eigenvalue weighted by Gasteiger charge is -2.10. The Balaban J connectivity index is 1.35. The van der Waals surface area contributed by atoms with Gasteiger partial charge in [-0.05, 0) is 68.0 Å². The summed E-state index contributed by atoms with van der Waals surface area (Å²) in [5.41, 5.74) is 4.31. The lowest BCUT2D eigenvalue weighted by atomic mass is 9.96. The highest BCUT2D eigenvalue weighted by molar-refractivity contribution is 5.92. The van der Waals surface area contributed by atoms with Crippen molar-refractivity contribution in [2.45, 2.75) is 51.9 Å². The Morgan fingerprint density at radius 1 is 1.11 bits per heavy atom. The van der Waals surface area contributed by atoms with Gasteiger partial charge in [-0.25, -0.2) is 0 Å². The van der Waals surface area contributed by atoms with Crippen LogP contribution in [0.1, 0.15) is 49.5 Å². The van der Waals surface area contributed by atoms with E-state index in [1.807, 2.05) is 30.3 Å². The normalized spacial score (nSPS) is 13.3. The fourth-order valence-electron chi connectivity index (χ4n) is 3.81. The number of carbonyl (C=O) groups excluding carboxylic acids is 1. The molecule has 4 nitrogen and oxygen atoms in total. The summed E-state index contributed by atoms with van der Waals surface area (Å²) in [4.78, 5) is 12.2. The molecule has 1 amide bonds. The number of amides is 1. The molecule has 1 aliphatic rings. The van der Waals surface area contributed by atoms with Crippen LogP contribution >= 0.6 is 0 Å². The van der Waals surface area contributed by atoms with Gasteiger partial charge in [0.05, 0.1) is 0 Å². The molecule has 146 valence electrons. The molecule has 0 aliphatic heterocycles. The summed E-state index contributed by atoms with van der Waals surface area (Å²) >= 11 is 0. The van der Waals surface area contributed by atoms with Crippen LogP contribution in [0.5, 0.6) is 5.75 Å². The lowest BCUT2D eigenvalue weighted by molar-refractivity contribution is -0.118. The predicted molar refractivity (Wildman–Crippen MR) is 112 cm³/mol.